The number of esters is 1. The Hall–Kier alpha value is -0.650. The molecular weight excluding hydrogens is 260 g/mol. The zero-order valence-corrected chi connectivity index (χ0v) is 12.4. The van der Waals surface area contributed by atoms with Crippen molar-refractivity contribution < 1.29 is 24.1 Å². The summed E-state index contributed by atoms with van der Waals surface area (Å²) < 4.78 is 17.1. The van der Waals surface area contributed by atoms with Gasteiger partial charge in [-0.25, -0.2) is 4.79 Å². The lowest BCUT2D eigenvalue weighted by atomic mass is 9.52. The van der Waals surface area contributed by atoms with Crippen LogP contribution in [-0.4, -0.2) is 40.8 Å². The van der Waals surface area contributed by atoms with E-state index in [1.54, 1.807) is 0 Å². The number of epoxide rings is 1. The molecular formula is C15H22O5. The molecule has 1 saturated carbocycles. The lowest BCUT2D eigenvalue weighted by Gasteiger charge is -2.50. The minimum atomic E-state index is -0.869. The lowest BCUT2D eigenvalue weighted by molar-refractivity contribution is -0.213. The summed E-state index contributed by atoms with van der Waals surface area (Å²) in [6.07, 6.45) is 0.180. The van der Waals surface area contributed by atoms with Crippen LogP contribution in [0, 0.1) is 17.3 Å². The van der Waals surface area contributed by atoms with Gasteiger partial charge in [-0.2, -0.15) is 0 Å². The lowest BCUT2D eigenvalue weighted by Crippen LogP contribution is -2.60. The molecule has 7 atom stereocenters. The van der Waals surface area contributed by atoms with Gasteiger partial charge in [-0.05, 0) is 32.6 Å². The highest BCUT2D eigenvalue weighted by Crippen LogP contribution is 2.69. The van der Waals surface area contributed by atoms with Gasteiger partial charge in [0, 0.05) is 11.3 Å². The summed E-state index contributed by atoms with van der Waals surface area (Å²) in [6, 6.07) is 0. The third kappa shape index (κ3) is 1.16. The van der Waals surface area contributed by atoms with E-state index in [0.717, 1.165) is 12.8 Å². The number of carbonyl (C=O) groups is 1. The summed E-state index contributed by atoms with van der Waals surface area (Å²) in [4.78, 5) is 12.6. The largest absolute Gasteiger partial charge is 0.431 e. The molecule has 0 aromatic carbocycles. The Kier molecular flexibility index (Phi) is 2.21. The summed E-state index contributed by atoms with van der Waals surface area (Å²) in [6.45, 7) is 8.16. The highest BCUT2D eigenvalue weighted by Gasteiger charge is 2.82. The van der Waals surface area contributed by atoms with Crippen LogP contribution in [0.2, 0.25) is 0 Å². The number of rotatable bonds is 0. The molecule has 2 bridgehead atoms. The molecule has 20 heavy (non-hydrogen) atoms. The van der Waals surface area contributed by atoms with E-state index in [1.807, 2.05) is 13.8 Å². The first-order valence-electron chi connectivity index (χ1n) is 7.50. The molecule has 1 aliphatic carbocycles. The smallest absolute Gasteiger partial charge is 0.344 e. The van der Waals surface area contributed by atoms with Crippen LogP contribution in [0.4, 0.5) is 0 Å². The van der Waals surface area contributed by atoms with E-state index >= 15 is 0 Å². The van der Waals surface area contributed by atoms with Crippen LogP contribution < -0.4 is 0 Å². The molecule has 0 radical (unpaired) electrons. The second-order valence-electron chi connectivity index (χ2n) is 7.57. The van der Waals surface area contributed by atoms with Crippen molar-refractivity contribution in [3.05, 3.63) is 0 Å². The van der Waals surface area contributed by atoms with Gasteiger partial charge in [0.1, 0.15) is 6.10 Å². The standard InChI is InChI=1S/C15H22O5/c1-7-5-6-8-15(19-8)12(17)18-11-9(16)10(14(7,15)4)13(2,3)20-11/h7-11,16H,5-6H2,1-4H3/t7-,8+,9+,10-,11+,14+,15-/m1/s1. The van der Waals surface area contributed by atoms with Crippen LogP contribution in [-0.2, 0) is 19.0 Å². The Balaban J connectivity index is 1.92. The minimum Gasteiger partial charge on any atom is -0.431 e. The molecule has 0 aromatic rings. The fraction of sp³-hybridized carbons (Fsp3) is 0.933. The van der Waals surface area contributed by atoms with Crippen LogP contribution in [0.25, 0.3) is 0 Å². The predicted molar refractivity (Wildman–Crippen MR) is 68.6 cm³/mol. The van der Waals surface area contributed by atoms with Crippen molar-refractivity contribution in [2.75, 3.05) is 0 Å². The Morgan fingerprint density at radius 1 is 1.20 bits per heavy atom. The first kappa shape index (κ1) is 13.0. The summed E-state index contributed by atoms with van der Waals surface area (Å²) in [7, 11) is 0. The van der Waals surface area contributed by atoms with Gasteiger partial charge in [-0.3, -0.25) is 0 Å². The number of ether oxygens (including phenoxy) is 3. The van der Waals surface area contributed by atoms with E-state index in [4.69, 9.17) is 14.2 Å². The van der Waals surface area contributed by atoms with Crippen molar-refractivity contribution in [3.8, 4) is 0 Å². The Labute approximate surface area is 118 Å². The SMILES string of the molecule is C[C@@H]1CC[C@@H]2O[C@@]23C(=O)O[C@H]2OC(C)(C)[C@@H]([C@@H]2O)[C@]13C. The van der Waals surface area contributed by atoms with Crippen LogP contribution in [0.15, 0.2) is 0 Å². The molecule has 3 heterocycles. The van der Waals surface area contributed by atoms with Gasteiger partial charge in [0.15, 0.2) is 5.60 Å². The zero-order valence-electron chi connectivity index (χ0n) is 12.4. The maximum absolute atomic E-state index is 12.6. The fourth-order valence-electron chi connectivity index (χ4n) is 5.31. The number of fused-ring (bicyclic) bond motifs is 3. The number of aliphatic hydroxyl groups excluding tert-OH is 1. The Morgan fingerprint density at radius 3 is 2.60 bits per heavy atom. The van der Waals surface area contributed by atoms with E-state index in [0.29, 0.717) is 0 Å². The van der Waals surface area contributed by atoms with E-state index in [2.05, 4.69) is 13.8 Å². The summed E-state index contributed by atoms with van der Waals surface area (Å²) >= 11 is 0. The molecule has 1 spiro atoms. The predicted octanol–water partition coefficient (Wildman–Crippen LogP) is 1.23. The van der Waals surface area contributed by atoms with Gasteiger partial charge in [0.25, 0.3) is 0 Å². The molecule has 0 aromatic heterocycles. The number of hydrogen-bond donors (Lipinski definition) is 1. The topological polar surface area (TPSA) is 68.3 Å². The quantitative estimate of drug-likeness (QED) is 0.534. The normalized spacial score (nSPS) is 59.2. The monoisotopic (exact) mass is 282 g/mol. The molecule has 3 aliphatic heterocycles. The van der Waals surface area contributed by atoms with Gasteiger partial charge < -0.3 is 19.3 Å². The maximum atomic E-state index is 12.6. The van der Waals surface area contributed by atoms with Crippen LogP contribution >= 0.6 is 0 Å². The molecule has 0 amide bonds. The molecule has 3 saturated heterocycles. The number of carbonyl (C=O) groups excluding carboxylic acids is 1. The summed E-state index contributed by atoms with van der Waals surface area (Å²) in [5, 5.41) is 10.6. The van der Waals surface area contributed by atoms with E-state index in [-0.39, 0.29) is 23.9 Å². The molecule has 0 unspecified atom stereocenters. The average molecular weight is 282 g/mol. The van der Waals surface area contributed by atoms with E-state index < -0.39 is 29.0 Å². The number of aliphatic hydroxyl groups is 1. The van der Waals surface area contributed by atoms with E-state index in [9.17, 15) is 9.90 Å². The molecule has 112 valence electrons. The van der Waals surface area contributed by atoms with Gasteiger partial charge in [0.2, 0.25) is 6.29 Å². The van der Waals surface area contributed by atoms with Crippen molar-refractivity contribution in [2.45, 2.75) is 70.2 Å². The third-order valence-electron chi connectivity index (χ3n) is 6.37. The fourth-order valence-corrected chi connectivity index (χ4v) is 5.31. The summed E-state index contributed by atoms with van der Waals surface area (Å²) in [5.74, 6) is -0.251. The van der Waals surface area contributed by atoms with Crippen LogP contribution in [0.3, 0.4) is 0 Å². The first-order valence-corrected chi connectivity index (χ1v) is 7.50. The van der Waals surface area contributed by atoms with Crippen molar-refractivity contribution in [3.63, 3.8) is 0 Å². The second kappa shape index (κ2) is 3.39. The zero-order chi connectivity index (χ0) is 14.5. The molecule has 5 heteroatoms. The minimum absolute atomic E-state index is 0.0569. The highest BCUT2D eigenvalue weighted by atomic mass is 16.7. The van der Waals surface area contributed by atoms with Gasteiger partial charge in [0.05, 0.1) is 11.7 Å². The molecule has 1 N–H and O–H groups in total. The highest BCUT2D eigenvalue weighted by molar-refractivity contribution is 5.86. The van der Waals surface area contributed by atoms with E-state index in [1.165, 1.54) is 0 Å². The number of hydrogen-bond acceptors (Lipinski definition) is 5. The van der Waals surface area contributed by atoms with Crippen molar-refractivity contribution in [1.29, 1.82) is 0 Å². The second-order valence-corrected chi connectivity index (χ2v) is 7.57. The first-order chi connectivity index (χ1) is 9.25. The van der Waals surface area contributed by atoms with Gasteiger partial charge >= 0.3 is 5.97 Å². The maximum Gasteiger partial charge on any atom is 0.344 e. The van der Waals surface area contributed by atoms with Crippen LogP contribution in [0.1, 0.15) is 40.5 Å². The van der Waals surface area contributed by atoms with Crippen LogP contribution in [0.5, 0.6) is 0 Å². The Bertz CT molecular complexity index is 489. The van der Waals surface area contributed by atoms with Crippen molar-refractivity contribution in [1.82, 2.24) is 0 Å². The molecule has 4 fully saturated rings. The summed E-state index contributed by atoms with van der Waals surface area (Å²) in [5.41, 5.74) is -1.86. The average Bonchev–Trinajstić information content (AvgIpc) is 3.04. The third-order valence-corrected chi connectivity index (χ3v) is 6.37. The molecule has 4 rings (SSSR count). The molecule has 4 aliphatic rings. The van der Waals surface area contributed by atoms with Gasteiger partial charge in [-0.1, -0.05) is 13.8 Å². The van der Waals surface area contributed by atoms with Crippen molar-refractivity contribution >= 4 is 5.97 Å². The van der Waals surface area contributed by atoms with Crippen molar-refractivity contribution in [2.24, 2.45) is 17.3 Å². The molecule has 5 nitrogen and oxygen atoms in total. The Morgan fingerprint density at radius 2 is 1.90 bits per heavy atom. The van der Waals surface area contributed by atoms with Gasteiger partial charge in [-0.15, -0.1) is 0 Å².